The largest absolute Gasteiger partial charge is 0.367 e. The first-order chi connectivity index (χ1) is 12.5. The molecule has 0 radical (unpaired) electrons. The van der Waals surface area contributed by atoms with Crippen molar-refractivity contribution in [2.45, 2.75) is 63.6 Å². The van der Waals surface area contributed by atoms with Gasteiger partial charge in [0.1, 0.15) is 4.90 Å². The maximum atomic E-state index is 13.1. The van der Waals surface area contributed by atoms with Crippen LogP contribution in [0.15, 0.2) is 29.7 Å². The Morgan fingerprint density at radius 1 is 1.22 bits per heavy atom. The summed E-state index contributed by atoms with van der Waals surface area (Å²) in [6, 6.07) is 2.46. The SMILES string of the molecule is C[C@H]1CN(c2cc(S(=O)(=O)NC3(C)CC3(C)C)cn3cncc23)C[C@H](C)N1. The van der Waals surface area contributed by atoms with Crippen LogP contribution < -0.4 is 14.9 Å². The Kier molecular flexibility index (Phi) is 4.11. The second kappa shape index (κ2) is 5.93. The zero-order valence-electron chi connectivity index (χ0n) is 16.7. The first-order valence-electron chi connectivity index (χ1n) is 9.51. The number of sulfonamides is 1. The van der Waals surface area contributed by atoms with Crippen molar-refractivity contribution in [3.8, 4) is 0 Å². The summed E-state index contributed by atoms with van der Waals surface area (Å²) in [6.07, 6.45) is 5.95. The second-order valence-electron chi connectivity index (χ2n) is 9.12. The second-order valence-corrected chi connectivity index (χ2v) is 10.8. The summed E-state index contributed by atoms with van der Waals surface area (Å²) in [5.74, 6) is 0. The van der Waals surface area contributed by atoms with Crippen molar-refractivity contribution in [1.82, 2.24) is 19.4 Å². The third kappa shape index (κ3) is 3.23. The molecule has 0 aromatic carbocycles. The summed E-state index contributed by atoms with van der Waals surface area (Å²) in [6.45, 7) is 12.1. The van der Waals surface area contributed by atoms with Crippen LogP contribution in [0, 0.1) is 5.41 Å². The molecular formula is C19H29N5O2S. The van der Waals surface area contributed by atoms with E-state index in [-0.39, 0.29) is 10.3 Å². The fraction of sp³-hybridized carbons (Fsp3) is 0.632. The molecule has 0 spiro atoms. The van der Waals surface area contributed by atoms with Crippen LogP contribution in [0.3, 0.4) is 0 Å². The summed E-state index contributed by atoms with van der Waals surface area (Å²) >= 11 is 0. The molecule has 148 valence electrons. The number of pyridine rings is 1. The van der Waals surface area contributed by atoms with Crippen molar-refractivity contribution >= 4 is 21.2 Å². The third-order valence-electron chi connectivity index (χ3n) is 6.21. The molecule has 7 nitrogen and oxygen atoms in total. The maximum absolute atomic E-state index is 13.1. The molecule has 0 bridgehead atoms. The zero-order chi connectivity index (χ0) is 19.6. The van der Waals surface area contributed by atoms with Gasteiger partial charge in [-0.3, -0.25) is 0 Å². The summed E-state index contributed by atoms with van der Waals surface area (Å²) in [7, 11) is -3.62. The molecule has 1 aliphatic carbocycles. The standard InChI is InChI=1S/C19H29N5O2S/c1-13-8-23(9-14(2)21-13)16-6-15(10-24-12-20-7-17(16)24)27(25,26)22-19(5)11-18(19,3)4/h6-7,10,12-14,21-22H,8-9,11H2,1-5H3/t13-,14-,19?/m0/s1. The molecule has 2 aromatic heterocycles. The van der Waals surface area contributed by atoms with Crippen molar-refractivity contribution in [2.24, 2.45) is 5.41 Å². The monoisotopic (exact) mass is 391 g/mol. The Bertz CT molecular complexity index is 973. The van der Waals surface area contributed by atoms with Crippen molar-refractivity contribution in [3.05, 3.63) is 24.8 Å². The summed E-state index contributed by atoms with van der Waals surface area (Å²) in [5.41, 5.74) is 1.42. The van der Waals surface area contributed by atoms with Crippen molar-refractivity contribution in [2.75, 3.05) is 18.0 Å². The Labute approximate surface area is 161 Å². The number of imidazole rings is 1. The fourth-order valence-electron chi connectivity index (χ4n) is 4.28. The molecule has 0 amide bonds. The highest BCUT2D eigenvalue weighted by atomic mass is 32.2. The van der Waals surface area contributed by atoms with Crippen LogP contribution in [0.4, 0.5) is 5.69 Å². The Morgan fingerprint density at radius 2 is 1.85 bits per heavy atom. The van der Waals surface area contributed by atoms with E-state index in [2.05, 4.69) is 47.6 Å². The highest BCUT2D eigenvalue weighted by Crippen LogP contribution is 2.55. The van der Waals surface area contributed by atoms with E-state index in [9.17, 15) is 8.42 Å². The molecule has 1 saturated heterocycles. The lowest BCUT2D eigenvalue weighted by Crippen LogP contribution is -2.54. The number of nitrogens with zero attached hydrogens (tertiary/aromatic N) is 3. The van der Waals surface area contributed by atoms with E-state index in [1.165, 1.54) is 0 Å². The number of nitrogens with one attached hydrogen (secondary N) is 2. The van der Waals surface area contributed by atoms with Crippen LogP contribution in [0.25, 0.3) is 5.52 Å². The van der Waals surface area contributed by atoms with Crippen molar-refractivity contribution in [3.63, 3.8) is 0 Å². The average molecular weight is 392 g/mol. The van der Waals surface area contributed by atoms with Gasteiger partial charge in [-0.15, -0.1) is 0 Å². The number of anilines is 1. The molecule has 8 heteroatoms. The number of rotatable bonds is 4. The lowest BCUT2D eigenvalue weighted by molar-refractivity contribution is 0.407. The predicted octanol–water partition coefficient (Wildman–Crippen LogP) is 1.99. The van der Waals surface area contributed by atoms with Crippen LogP contribution in [-0.2, 0) is 10.0 Å². The van der Waals surface area contributed by atoms with Crippen LogP contribution in [-0.4, -0.2) is 48.5 Å². The van der Waals surface area contributed by atoms with Crippen LogP contribution >= 0.6 is 0 Å². The van der Waals surface area contributed by atoms with Gasteiger partial charge in [-0.2, -0.15) is 0 Å². The van der Waals surface area contributed by atoms with Gasteiger partial charge in [0.25, 0.3) is 0 Å². The minimum Gasteiger partial charge on any atom is -0.367 e. The summed E-state index contributed by atoms with van der Waals surface area (Å²) in [5, 5.41) is 3.52. The third-order valence-corrected chi connectivity index (χ3v) is 7.77. The highest BCUT2D eigenvalue weighted by molar-refractivity contribution is 7.89. The van der Waals surface area contributed by atoms with E-state index in [0.717, 1.165) is 30.7 Å². The normalized spacial score (nSPS) is 30.6. The molecule has 2 fully saturated rings. The molecule has 4 rings (SSSR count). The maximum Gasteiger partial charge on any atom is 0.242 e. The average Bonchev–Trinajstić information content (AvgIpc) is 2.88. The first kappa shape index (κ1) is 18.7. The van der Waals surface area contributed by atoms with Gasteiger partial charge in [0.2, 0.25) is 10.0 Å². The molecule has 3 atom stereocenters. The van der Waals surface area contributed by atoms with E-state index in [4.69, 9.17) is 0 Å². The van der Waals surface area contributed by atoms with E-state index in [1.54, 1.807) is 24.8 Å². The Hall–Kier alpha value is -1.64. The van der Waals surface area contributed by atoms with Gasteiger partial charge in [-0.05, 0) is 38.7 Å². The van der Waals surface area contributed by atoms with Gasteiger partial charge in [0.15, 0.2) is 0 Å². The molecule has 27 heavy (non-hydrogen) atoms. The predicted molar refractivity (Wildman–Crippen MR) is 107 cm³/mol. The fourth-order valence-corrected chi connectivity index (χ4v) is 5.86. The van der Waals surface area contributed by atoms with E-state index in [0.29, 0.717) is 12.1 Å². The molecule has 2 aromatic rings. The number of piperazine rings is 1. The van der Waals surface area contributed by atoms with E-state index >= 15 is 0 Å². The molecule has 2 N–H and O–H groups in total. The summed E-state index contributed by atoms with van der Waals surface area (Å²) < 4.78 is 31.0. The van der Waals surface area contributed by atoms with Crippen molar-refractivity contribution < 1.29 is 8.42 Å². The number of aromatic nitrogens is 2. The van der Waals surface area contributed by atoms with Gasteiger partial charge in [0, 0.05) is 36.9 Å². The first-order valence-corrected chi connectivity index (χ1v) is 11.0. The van der Waals surface area contributed by atoms with Crippen molar-refractivity contribution in [1.29, 1.82) is 0 Å². The molecule has 1 saturated carbocycles. The number of fused-ring (bicyclic) bond motifs is 1. The van der Waals surface area contributed by atoms with Gasteiger partial charge in [0.05, 0.1) is 23.7 Å². The number of hydrogen-bond acceptors (Lipinski definition) is 5. The highest BCUT2D eigenvalue weighted by Gasteiger charge is 2.59. The molecule has 2 aliphatic rings. The van der Waals surface area contributed by atoms with Gasteiger partial charge in [-0.25, -0.2) is 18.1 Å². The Balaban J connectivity index is 1.75. The quantitative estimate of drug-likeness (QED) is 0.833. The Morgan fingerprint density at radius 3 is 2.44 bits per heavy atom. The van der Waals surface area contributed by atoms with Crippen LogP contribution in [0.1, 0.15) is 41.0 Å². The minimum atomic E-state index is -3.62. The lowest BCUT2D eigenvalue weighted by Gasteiger charge is -2.38. The van der Waals surface area contributed by atoms with Crippen LogP contribution in [0.5, 0.6) is 0 Å². The van der Waals surface area contributed by atoms with Gasteiger partial charge in [-0.1, -0.05) is 13.8 Å². The lowest BCUT2D eigenvalue weighted by atomic mass is 10.1. The zero-order valence-corrected chi connectivity index (χ0v) is 17.5. The topological polar surface area (TPSA) is 78.7 Å². The summed E-state index contributed by atoms with van der Waals surface area (Å²) in [4.78, 5) is 6.77. The minimum absolute atomic E-state index is 0.0224. The van der Waals surface area contributed by atoms with Gasteiger partial charge < -0.3 is 14.6 Å². The molecular weight excluding hydrogens is 362 g/mol. The number of hydrogen-bond donors (Lipinski definition) is 2. The van der Waals surface area contributed by atoms with E-state index in [1.807, 2.05) is 11.3 Å². The van der Waals surface area contributed by atoms with E-state index < -0.39 is 15.6 Å². The smallest absolute Gasteiger partial charge is 0.242 e. The van der Waals surface area contributed by atoms with Gasteiger partial charge >= 0.3 is 0 Å². The molecule has 1 unspecified atom stereocenters. The van der Waals surface area contributed by atoms with Crippen LogP contribution in [0.2, 0.25) is 0 Å². The molecule has 3 heterocycles. The molecule has 1 aliphatic heterocycles.